The summed E-state index contributed by atoms with van der Waals surface area (Å²) in [5, 5.41) is 7.55. The Bertz CT molecular complexity index is 1470. The monoisotopic (exact) mass is 682 g/mol. The fourth-order valence-corrected chi connectivity index (χ4v) is 4.08. The maximum absolute atomic E-state index is 14.8. The summed E-state index contributed by atoms with van der Waals surface area (Å²) >= 11 is 3.28. The second kappa shape index (κ2) is 13.1. The Morgan fingerprint density at radius 3 is 2.07 bits per heavy atom. The van der Waals surface area contributed by atoms with Crippen LogP contribution in [-0.4, -0.2) is 44.7 Å². The first-order chi connectivity index (χ1) is 20.3. The standard InChI is InChI=1S/C30H34BrF3N4O6/c1-9-15-29(30(32,33)34,41-17-19-13-11-10-12-14-19)24-37-36-23(42-24)21-20(16-18(2)22(31)35-21)38(25(39)43-27(3,4)5)26(40)44-28(6,7)8/h9-14,16H,1,15,17H2,2-8H3/t29-/m1/s1. The van der Waals surface area contributed by atoms with Gasteiger partial charge in [-0.05, 0) is 81.6 Å². The van der Waals surface area contributed by atoms with Gasteiger partial charge in [-0.25, -0.2) is 14.6 Å². The number of halogens is 4. The summed E-state index contributed by atoms with van der Waals surface area (Å²) in [4.78, 5) is 31.7. The highest BCUT2D eigenvalue weighted by Crippen LogP contribution is 2.46. The number of imide groups is 1. The number of aromatic nitrogens is 3. The van der Waals surface area contributed by atoms with E-state index >= 15 is 0 Å². The zero-order chi connectivity index (χ0) is 33.1. The molecule has 10 nitrogen and oxygen atoms in total. The number of aryl methyl sites for hydroxylation is 1. The van der Waals surface area contributed by atoms with E-state index in [4.69, 9.17) is 18.6 Å². The molecule has 0 aliphatic heterocycles. The lowest BCUT2D eigenvalue weighted by Crippen LogP contribution is -2.45. The van der Waals surface area contributed by atoms with E-state index in [9.17, 15) is 22.8 Å². The van der Waals surface area contributed by atoms with Crippen LogP contribution < -0.4 is 4.90 Å². The van der Waals surface area contributed by atoms with Gasteiger partial charge in [0.15, 0.2) is 5.69 Å². The van der Waals surface area contributed by atoms with Gasteiger partial charge in [0.25, 0.3) is 11.8 Å². The molecule has 2 aromatic heterocycles. The zero-order valence-corrected chi connectivity index (χ0v) is 27.0. The van der Waals surface area contributed by atoms with E-state index in [2.05, 4.69) is 37.7 Å². The van der Waals surface area contributed by atoms with Gasteiger partial charge in [-0.15, -0.1) is 16.8 Å². The molecule has 0 bridgehead atoms. The lowest BCUT2D eigenvalue weighted by atomic mass is 9.98. The van der Waals surface area contributed by atoms with Crippen LogP contribution in [0.25, 0.3) is 11.6 Å². The molecule has 0 spiro atoms. The molecule has 3 aromatic rings. The summed E-state index contributed by atoms with van der Waals surface area (Å²) in [5.74, 6) is -1.46. The van der Waals surface area contributed by atoms with Crippen LogP contribution in [-0.2, 0) is 26.4 Å². The molecule has 0 unspecified atom stereocenters. The average molecular weight is 684 g/mol. The SMILES string of the molecule is C=CC[C@@](OCc1ccccc1)(c1nnc(-c2nc(Br)c(C)cc2N(C(=O)OC(C)(C)C)C(=O)OC(C)(C)C)o1)C(F)(F)F. The van der Waals surface area contributed by atoms with Gasteiger partial charge in [0, 0.05) is 6.42 Å². The fourth-order valence-electron chi connectivity index (χ4n) is 3.78. The molecule has 2 heterocycles. The minimum absolute atomic E-state index is 0.226. The van der Waals surface area contributed by atoms with Crippen molar-refractivity contribution in [3.8, 4) is 11.6 Å². The third-order valence-corrected chi connectivity index (χ3v) is 6.52. The highest BCUT2D eigenvalue weighted by molar-refractivity contribution is 9.10. The molecular weight excluding hydrogens is 649 g/mol. The molecule has 0 saturated heterocycles. The number of amides is 2. The lowest BCUT2D eigenvalue weighted by Gasteiger charge is -2.31. The molecule has 14 heteroatoms. The van der Waals surface area contributed by atoms with Crippen molar-refractivity contribution in [2.75, 3.05) is 4.90 Å². The lowest BCUT2D eigenvalue weighted by molar-refractivity contribution is -0.295. The smallest absolute Gasteiger partial charge is 0.426 e. The van der Waals surface area contributed by atoms with E-state index in [0.717, 1.165) is 6.08 Å². The van der Waals surface area contributed by atoms with Gasteiger partial charge in [-0.2, -0.15) is 18.1 Å². The Kier molecular flexibility index (Phi) is 10.3. The van der Waals surface area contributed by atoms with Crippen LogP contribution >= 0.6 is 15.9 Å². The molecule has 0 saturated carbocycles. The summed E-state index contributed by atoms with van der Waals surface area (Å²) in [6.07, 6.45) is -7.01. The summed E-state index contributed by atoms with van der Waals surface area (Å²) in [5.41, 5.74) is -4.72. The Labute approximate surface area is 261 Å². The van der Waals surface area contributed by atoms with E-state index < -0.39 is 60.0 Å². The van der Waals surface area contributed by atoms with Gasteiger partial charge in [0.1, 0.15) is 15.8 Å². The molecule has 0 fully saturated rings. The minimum Gasteiger partial charge on any atom is -0.443 e. The molecule has 0 N–H and O–H groups in total. The van der Waals surface area contributed by atoms with Crippen LogP contribution in [0.3, 0.4) is 0 Å². The van der Waals surface area contributed by atoms with Gasteiger partial charge in [-0.1, -0.05) is 36.4 Å². The fraction of sp³-hybridized carbons (Fsp3) is 0.433. The highest BCUT2D eigenvalue weighted by Gasteiger charge is 2.61. The molecule has 238 valence electrons. The molecule has 3 rings (SSSR count). The summed E-state index contributed by atoms with van der Waals surface area (Å²) in [7, 11) is 0. The van der Waals surface area contributed by atoms with Gasteiger partial charge >= 0.3 is 18.4 Å². The van der Waals surface area contributed by atoms with Crippen molar-refractivity contribution in [3.63, 3.8) is 0 Å². The third kappa shape index (κ3) is 8.23. The van der Waals surface area contributed by atoms with Gasteiger partial charge < -0.3 is 18.6 Å². The van der Waals surface area contributed by atoms with Crippen molar-refractivity contribution in [2.45, 2.75) is 84.5 Å². The van der Waals surface area contributed by atoms with Crippen LogP contribution in [0.4, 0.5) is 28.4 Å². The van der Waals surface area contributed by atoms with Gasteiger partial charge in [-0.3, -0.25) is 0 Å². The molecule has 1 atom stereocenters. The maximum atomic E-state index is 14.8. The number of nitrogens with zero attached hydrogens (tertiary/aromatic N) is 4. The molecule has 0 aliphatic carbocycles. The number of carbonyl (C=O) groups is 2. The van der Waals surface area contributed by atoms with Crippen molar-refractivity contribution in [1.29, 1.82) is 0 Å². The normalized spacial score (nSPS) is 13.6. The number of benzene rings is 1. The molecule has 44 heavy (non-hydrogen) atoms. The van der Waals surface area contributed by atoms with E-state index in [1.165, 1.54) is 6.07 Å². The van der Waals surface area contributed by atoms with Crippen molar-refractivity contribution in [1.82, 2.24) is 15.2 Å². The first kappa shape index (κ1) is 34.7. The van der Waals surface area contributed by atoms with Crippen LogP contribution in [0.5, 0.6) is 0 Å². The zero-order valence-electron chi connectivity index (χ0n) is 25.4. The molecular formula is C30H34BrF3N4O6. The maximum Gasteiger partial charge on any atom is 0.426 e. The molecule has 2 amide bonds. The Balaban J connectivity index is 2.21. The van der Waals surface area contributed by atoms with E-state index in [-0.39, 0.29) is 16.0 Å². The molecule has 1 aromatic carbocycles. The average Bonchev–Trinajstić information content (AvgIpc) is 3.37. The second-order valence-electron chi connectivity index (χ2n) is 11.8. The number of ether oxygens (including phenoxy) is 3. The Morgan fingerprint density at radius 1 is 1.00 bits per heavy atom. The van der Waals surface area contributed by atoms with Crippen LogP contribution in [0.1, 0.15) is 65.0 Å². The molecule has 0 radical (unpaired) electrons. The topological polar surface area (TPSA) is 117 Å². The summed E-state index contributed by atoms with van der Waals surface area (Å²) in [6, 6.07) is 9.64. The number of alkyl halides is 3. The summed E-state index contributed by atoms with van der Waals surface area (Å²) in [6.45, 7) is 14.2. The Morgan fingerprint density at radius 2 is 1.57 bits per heavy atom. The molecule has 0 aliphatic rings. The third-order valence-electron chi connectivity index (χ3n) is 5.72. The number of rotatable bonds is 8. The number of pyridine rings is 1. The first-order valence-corrected chi connectivity index (χ1v) is 14.2. The van der Waals surface area contributed by atoms with Gasteiger partial charge in [0.2, 0.25) is 5.60 Å². The largest absolute Gasteiger partial charge is 0.443 e. The van der Waals surface area contributed by atoms with Crippen molar-refractivity contribution >= 4 is 33.8 Å². The number of hydrogen-bond acceptors (Lipinski definition) is 9. The Hall–Kier alpha value is -3.78. The van der Waals surface area contributed by atoms with E-state index in [1.54, 1.807) is 78.8 Å². The van der Waals surface area contributed by atoms with Gasteiger partial charge in [0.05, 0.1) is 12.3 Å². The van der Waals surface area contributed by atoms with E-state index in [0.29, 0.717) is 16.0 Å². The van der Waals surface area contributed by atoms with Crippen LogP contribution in [0.15, 0.2) is 58.1 Å². The van der Waals surface area contributed by atoms with Crippen molar-refractivity contribution < 1.29 is 41.4 Å². The van der Waals surface area contributed by atoms with Crippen molar-refractivity contribution in [3.05, 3.63) is 70.7 Å². The minimum atomic E-state index is -5.02. The predicted octanol–water partition coefficient (Wildman–Crippen LogP) is 8.43. The number of carbonyl (C=O) groups excluding carboxylic acids is 2. The highest BCUT2D eigenvalue weighted by atomic mass is 79.9. The van der Waals surface area contributed by atoms with Crippen molar-refractivity contribution in [2.24, 2.45) is 0 Å². The predicted molar refractivity (Wildman–Crippen MR) is 159 cm³/mol. The second-order valence-corrected chi connectivity index (χ2v) is 12.5. The summed E-state index contributed by atoms with van der Waals surface area (Å²) < 4.78 is 66.5. The quantitative estimate of drug-likeness (QED) is 0.170. The number of anilines is 1. The van der Waals surface area contributed by atoms with Crippen LogP contribution in [0.2, 0.25) is 0 Å². The van der Waals surface area contributed by atoms with Crippen LogP contribution in [0, 0.1) is 6.92 Å². The first-order valence-electron chi connectivity index (χ1n) is 13.4. The van der Waals surface area contributed by atoms with E-state index in [1.807, 2.05) is 0 Å². The number of hydrogen-bond donors (Lipinski definition) is 0.